The Kier molecular flexibility index (Phi) is 4.39. The van der Waals surface area contributed by atoms with Gasteiger partial charge in [0, 0.05) is 22.7 Å². The molecule has 1 fully saturated rings. The number of esters is 1. The standard InChI is InChI=1S/C21H22N2O3/c1-3-25-21(24)19-14(2)26-23(15-9-5-4-6-10-15)20(19)17-13-22-18-12-8-7-11-16(17)18/h4-14,19-20,22H,3H2,1-2H3/t14-,19-,20+/m1/s1. The number of fused-ring (bicyclic) bond motifs is 1. The number of hydrogen-bond acceptors (Lipinski definition) is 4. The van der Waals surface area contributed by atoms with Crippen LogP contribution in [0.25, 0.3) is 10.9 Å². The molecule has 3 atom stereocenters. The number of H-pyrrole nitrogens is 1. The Bertz CT molecular complexity index is 906. The van der Waals surface area contributed by atoms with Gasteiger partial charge in [0.1, 0.15) is 5.92 Å². The summed E-state index contributed by atoms with van der Waals surface area (Å²) >= 11 is 0. The van der Waals surface area contributed by atoms with E-state index in [2.05, 4.69) is 11.1 Å². The van der Waals surface area contributed by atoms with Gasteiger partial charge in [-0.2, -0.15) is 0 Å². The lowest BCUT2D eigenvalue weighted by Gasteiger charge is -2.26. The summed E-state index contributed by atoms with van der Waals surface area (Å²) in [6.45, 7) is 4.11. The van der Waals surface area contributed by atoms with Crippen molar-refractivity contribution in [2.75, 3.05) is 11.7 Å². The van der Waals surface area contributed by atoms with E-state index in [1.165, 1.54) is 0 Å². The quantitative estimate of drug-likeness (QED) is 0.716. The van der Waals surface area contributed by atoms with Gasteiger partial charge in [0.25, 0.3) is 0 Å². The zero-order valence-electron chi connectivity index (χ0n) is 14.9. The maximum atomic E-state index is 12.7. The van der Waals surface area contributed by atoms with Crippen molar-refractivity contribution < 1.29 is 14.4 Å². The molecule has 5 nitrogen and oxygen atoms in total. The number of carbonyl (C=O) groups excluding carboxylic acids is 1. The fourth-order valence-electron chi connectivity index (χ4n) is 3.73. The van der Waals surface area contributed by atoms with Gasteiger partial charge in [-0.3, -0.25) is 9.63 Å². The van der Waals surface area contributed by atoms with Crippen LogP contribution in [0.2, 0.25) is 0 Å². The van der Waals surface area contributed by atoms with Crippen LogP contribution in [0.15, 0.2) is 60.8 Å². The number of rotatable bonds is 4. The number of para-hydroxylation sites is 2. The lowest BCUT2D eigenvalue weighted by Crippen LogP contribution is -2.30. The lowest BCUT2D eigenvalue weighted by molar-refractivity contribution is -0.149. The number of ether oxygens (including phenoxy) is 1. The number of benzene rings is 2. The number of nitrogens with zero attached hydrogens (tertiary/aromatic N) is 1. The molecule has 3 aromatic rings. The van der Waals surface area contributed by atoms with Gasteiger partial charge in [0.2, 0.25) is 0 Å². The predicted octanol–water partition coefficient (Wildman–Crippen LogP) is 4.23. The molecule has 0 spiro atoms. The molecule has 4 rings (SSSR count). The Labute approximate surface area is 152 Å². The maximum absolute atomic E-state index is 12.7. The minimum Gasteiger partial charge on any atom is -0.466 e. The fourth-order valence-corrected chi connectivity index (χ4v) is 3.73. The van der Waals surface area contributed by atoms with E-state index in [0.29, 0.717) is 6.61 Å². The molecule has 0 saturated carbocycles. The molecule has 1 aliphatic heterocycles. The molecular formula is C21H22N2O3. The Morgan fingerprint density at radius 2 is 1.88 bits per heavy atom. The van der Waals surface area contributed by atoms with E-state index in [9.17, 15) is 4.79 Å². The Morgan fingerprint density at radius 1 is 1.15 bits per heavy atom. The maximum Gasteiger partial charge on any atom is 0.314 e. The molecule has 134 valence electrons. The van der Waals surface area contributed by atoms with Crippen molar-refractivity contribution in [1.82, 2.24) is 4.98 Å². The Balaban J connectivity index is 1.84. The van der Waals surface area contributed by atoms with Crippen molar-refractivity contribution in [2.45, 2.75) is 26.0 Å². The third-order valence-electron chi connectivity index (χ3n) is 4.89. The number of anilines is 1. The van der Waals surface area contributed by atoms with E-state index in [0.717, 1.165) is 22.2 Å². The van der Waals surface area contributed by atoms with Crippen LogP contribution >= 0.6 is 0 Å². The highest BCUT2D eigenvalue weighted by Crippen LogP contribution is 2.44. The molecule has 0 unspecified atom stereocenters. The van der Waals surface area contributed by atoms with Crippen LogP contribution in [-0.2, 0) is 14.4 Å². The van der Waals surface area contributed by atoms with Crippen LogP contribution in [0.5, 0.6) is 0 Å². The van der Waals surface area contributed by atoms with Gasteiger partial charge in [-0.1, -0.05) is 36.4 Å². The first kappa shape index (κ1) is 16.7. The largest absolute Gasteiger partial charge is 0.466 e. The summed E-state index contributed by atoms with van der Waals surface area (Å²) in [7, 11) is 0. The van der Waals surface area contributed by atoms with Crippen molar-refractivity contribution in [1.29, 1.82) is 0 Å². The smallest absolute Gasteiger partial charge is 0.314 e. The van der Waals surface area contributed by atoms with Crippen molar-refractivity contribution in [2.24, 2.45) is 5.92 Å². The topological polar surface area (TPSA) is 54.6 Å². The number of carbonyl (C=O) groups is 1. The van der Waals surface area contributed by atoms with E-state index in [4.69, 9.17) is 9.57 Å². The molecule has 0 amide bonds. The number of hydroxylamine groups is 1. The minimum atomic E-state index is -0.408. The molecular weight excluding hydrogens is 328 g/mol. The Morgan fingerprint density at radius 3 is 2.65 bits per heavy atom. The molecule has 2 aromatic carbocycles. The fraction of sp³-hybridized carbons (Fsp3) is 0.286. The number of aromatic nitrogens is 1. The van der Waals surface area contributed by atoms with E-state index >= 15 is 0 Å². The lowest BCUT2D eigenvalue weighted by atomic mass is 9.89. The molecule has 1 saturated heterocycles. The summed E-state index contributed by atoms with van der Waals surface area (Å²) in [6.07, 6.45) is 1.69. The normalized spacial score (nSPS) is 22.7. The van der Waals surface area contributed by atoms with E-state index < -0.39 is 5.92 Å². The summed E-state index contributed by atoms with van der Waals surface area (Å²) in [5.74, 6) is -0.636. The molecule has 0 aliphatic carbocycles. The number of hydrogen-bond donors (Lipinski definition) is 1. The van der Waals surface area contributed by atoms with E-state index in [1.54, 1.807) is 0 Å². The molecule has 2 heterocycles. The molecule has 0 bridgehead atoms. The highest BCUT2D eigenvalue weighted by Gasteiger charge is 2.48. The monoisotopic (exact) mass is 350 g/mol. The molecule has 26 heavy (non-hydrogen) atoms. The van der Waals surface area contributed by atoms with Gasteiger partial charge in [0.05, 0.1) is 24.4 Å². The molecule has 1 N–H and O–H groups in total. The van der Waals surface area contributed by atoms with Crippen molar-refractivity contribution in [3.05, 3.63) is 66.4 Å². The first-order valence-corrected chi connectivity index (χ1v) is 8.94. The summed E-state index contributed by atoms with van der Waals surface area (Å²) in [5, 5.41) is 2.94. The third-order valence-corrected chi connectivity index (χ3v) is 4.89. The zero-order valence-corrected chi connectivity index (χ0v) is 14.9. The second kappa shape index (κ2) is 6.84. The average molecular weight is 350 g/mol. The molecule has 1 aliphatic rings. The van der Waals surface area contributed by atoms with Crippen LogP contribution in [0.4, 0.5) is 5.69 Å². The number of aromatic amines is 1. The Hall–Kier alpha value is -2.79. The van der Waals surface area contributed by atoms with Crippen LogP contribution in [-0.4, -0.2) is 23.7 Å². The summed E-state index contributed by atoms with van der Waals surface area (Å²) in [5.41, 5.74) is 2.99. The first-order chi connectivity index (χ1) is 12.7. The summed E-state index contributed by atoms with van der Waals surface area (Å²) < 4.78 is 5.36. The van der Waals surface area contributed by atoms with Gasteiger partial charge in [-0.25, -0.2) is 5.06 Å². The van der Waals surface area contributed by atoms with Crippen LogP contribution in [0.3, 0.4) is 0 Å². The minimum absolute atomic E-state index is 0.228. The molecule has 5 heteroatoms. The van der Waals surface area contributed by atoms with Gasteiger partial charge in [-0.15, -0.1) is 0 Å². The van der Waals surface area contributed by atoms with Crippen LogP contribution in [0.1, 0.15) is 25.5 Å². The van der Waals surface area contributed by atoms with Gasteiger partial charge >= 0.3 is 5.97 Å². The highest BCUT2D eigenvalue weighted by molar-refractivity contribution is 5.86. The summed E-state index contributed by atoms with van der Waals surface area (Å²) in [6, 6.07) is 17.7. The third kappa shape index (κ3) is 2.74. The van der Waals surface area contributed by atoms with E-state index in [1.807, 2.05) is 73.6 Å². The van der Waals surface area contributed by atoms with Crippen molar-refractivity contribution in [3.8, 4) is 0 Å². The highest BCUT2D eigenvalue weighted by atomic mass is 16.7. The van der Waals surface area contributed by atoms with Gasteiger partial charge in [0.15, 0.2) is 0 Å². The van der Waals surface area contributed by atoms with E-state index in [-0.39, 0.29) is 18.1 Å². The zero-order chi connectivity index (χ0) is 18.1. The van der Waals surface area contributed by atoms with Gasteiger partial charge in [-0.05, 0) is 32.0 Å². The molecule has 1 aromatic heterocycles. The van der Waals surface area contributed by atoms with Crippen LogP contribution < -0.4 is 5.06 Å². The van der Waals surface area contributed by atoms with Crippen LogP contribution in [0, 0.1) is 5.92 Å². The molecule has 0 radical (unpaired) electrons. The summed E-state index contributed by atoms with van der Waals surface area (Å²) in [4.78, 5) is 22.2. The number of nitrogens with one attached hydrogen (secondary N) is 1. The second-order valence-electron chi connectivity index (χ2n) is 6.48. The van der Waals surface area contributed by atoms with Crippen molar-refractivity contribution in [3.63, 3.8) is 0 Å². The van der Waals surface area contributed by atoms with Crippen molar-refractivity contribution >= 4 is 22.6 Å². The second-order valence-corrected chi connectivity index (χ2v) is 6.48. The predicted molar refractivity (Wildman–Crippen MR) is 101 cm³/mol. The van der Waals surface area contributed by atoms with Gasteiger partial charge < -0.3 is 9.72 Å². The first-order valence-electron chi connectivity index (χ1n) is 8.94. The average Bonchev–Trinajstić information content (AvgIpc) is 3.23. The SMILES string of the molecule is CCOC(=O)[C@@H]1[C@@H](C)ON(c2ccccc2)[C@H]1c1c[nH]c2ccccc12.